The van der Waals surface area contributed by atoms with Gasteiger partial charge in [-0.15, -0.1) is 0 Å². The quantitative estimate of drug-likeness (QED) is 0.673. The van der Waals surface area contributed by atoms with Crippen LogP contribution in [0, 0.1) is 0 Å². The highest BCUT2D eigenvalue weighted by molar-refractivity contribution is 7.91. The molecular weight excluding hydrogens is 220 g/mol. The third-order valence-electron chi connectivity index (χ3n) is 2.79. The van der Waals surface area contributed by atoms with Crippen LogP contribution in [0.5, 0.6) is 0 Å². The zero-order valence-corrected chi connectivity index (χ0v) is 9.40. The number of piperidine rings is 1. The fourth-order valence-corrected chi connectivity index (χ4v) is 2.82. The minimum Gasteiger partial charge on any atom is -0.465 e. The molecule has 88 valence electrons. The molecule has 0 aromatic rings. The highest BCUT2D eigenvalue weighted by atomic mass is 32.2. The molecule has 15 heavy (non-hydrogen) atoms. The Kier molecular flexibility index (Phi) is 3.56. The molecular formula is C8H16N2O4S. The van der Waals surface area contributed by atoms with Gasteiger partial charge in [0, 0.05) is 25.4 Å². The maximum atomic E-state index is 11.3. The molecule has 6 nitrogen and oxygen atoms in total. The van der Waals surface area contributed by atoms with Crippen molar-refractivity contribution in [2.45, 2.75) is 24.1 Å². The summed E-state index contributed by atoms with van der Waals surface area (Å²) in [6, 6.07) is -0.250. The van der Waals surface area contributed by atoms with Crippen LogP contribution in [0.25, 0.3) is 0 Å². The van der Waals surface area contributed by atoms with Gasteiger partial charge in [-0.3, -0.25) is 0 Å². The number of amides is 1. The van der Waals surface area contributed by atoms with E-state index in [1.165, 1.54) is 0 Å². The van der Waals surface area contributed by atoms with Crippen molar-refractivity contribution in [2.24, 2.45) is 5.73 Å². The van der Waals surface area contributed by atoms with Gasteiger partial charge in [0.1, 0.15) is 0 Å². The predicted molar refractivity (Wildman–Crippen MR) is 55.4 cm³/mol. The molecule has 1 amide bonds. The molecule has 0 spiro atoms. The van der Waals surface area contributed by atoms with Crippen molar-refractivity contribution in [3.8, 4) is 0 Å². The fraction of sp³-hybridized carbons (Fsp3) is 0.875. The van der Waals surface area contributed by atoms with Crippen LogP contribution < -0.4 is 5.73 Å². The van der Waals surface area contributed by atoms with Crippen molar-refractivity contribution >= 4 is 15.9 Å². The van der Waals surface area contributed by atoms with E-state index in [9.17, 15) is 13.2 Å². The molecule has 1 fully saturated rings. The molecule has 1 aliphatic rings. The molecule has 1 heterocycles. The average molecular weight is 236 g/mol. The first-order chi connectivity index (χ1) is 6.86. The van der Waals surface area contributed by atoms with Gasteiger partial charge in [-0.2, -0.15) is 0 Å². The molecule has 1 aliphatic heterocycles. The van der Waals surface area contributed by atoms with E-state index in [1.54, 1.807) is 0 Å². The summed E-state index contributed by atoms with van der Waals surface area (Å²) >= 11 is 0. The Balaban J connectivity index is 2.79. The number of rotatable bonds is 2. The van der Waals surface area contributed by atoms with E-state index in [4.69, 9.17) is 10.8 Å². The van der Waals surface area contributed by atoms with Crippen LogP contribution in [0.2, 0.25) is 0 Å². The Morgan fingerprint density at radius 2 is 2.13 bits per heavy atom. The zero-order valence-electron chi connectivity index (χ0n) is 8.59. The smallest absolute Gasteiger partial charge is 0.407 e. The summed E-state index contributed by atoms with van der Waals surface area (Å²) < 4.78 is 22.6. The zero-order chi connectivity index (χ0) is 11.6. The lowest BCUT2D eigenvalue weighted by atomic mass is 10.0. The third kappa shape index (κ3) is 2.82. The van der Waals surface area contributed by atoms with Crippen molar-refractivity contribution in [2.75, 3.05) is 19.3 Å². The number of nitrogens with two attached hydrogens (primary N) is 1. The first kappa shape index (κ1) is 12.3. The van der Waals surface area contributed by atoms with Crippen LogP contribution in [0.3, 0.4) is 0 Å². The van der Waals surface area contributed by atoms with Gasteiger partial charge in [-0.1, -0.05) is 0 Å². The summed E-state index contributed by atoms with van der Waals surface area (Å²) in [5.41, 5.74) is 5.43. The summed E-state index contributed by atoms with van der Waals surface area (Å²) in [5, 5.41) is 8.31. The third-order valence-corrected chi connectivity index (χ3v) is 4.38. The Labute approximate surface area is 89.0 Å². The van der Waals surface area contributed by atoms with Gasteiger partial charge in [0.15, 0.2) is 9.84 Å². The summed E-state index contributed by atoms with van der Waals surface area (Å²) in [6.07, 6.45) is 1.05. The number of hydrogen-bond acceptors (Lipinski definition) is 4. The first-order valence-corrected chi connectivity index (χ1v) is 6.70. The molecule has 1 rings (SSSR count). The van der Waals surface area contributed by atoms with E-state index in [-0.39, 0.29) is 19.1 Å². The predicted octanol–water partition coefficient (Wildman–Crippen LogP) is -0.499. The van der Waals surface area contributed by atoms with Crippen molar-refractivity contribution in [1.82, 2.24) is 4.90 Å². The van der Waals surface area contributed by atoms with Crippen molar-refractivity contribution in [3.63, 3.8) is 0 Å². The van der Waals surface area contributed by atoms with Gasteiger partial charge >= 0.3 is 6.09 Å². The molecule has 1 saturated heterocycles. The maximum Gasteiger partial charge on any atom is 0.407 e. The molecule has 0 bridgehead atoms. The Morgan fingerprint density at radius 3 is 2.53 bits per heavy atom. The van der Waals surface area contributed by atoms with Crippen LogP contribution in [0.4, 0.5) is 4.79 Å². The van der Waals surface area contributed by atoms with Crippen LogP contribution >= 0.6 is 0 Å². The first-order valence-electron chi connectivity index (χ1n) is 4.74. The van der Waals surface area contributed by atoms with Crippen molar-refractivity contribution in [1.29, 1.82) is 0 Å². The molecule has 0 aromatic carbocycles. The van der Waals surface area contributed by atoms with Gasteiger partial charge in [0.05, 0.1) is 5.25 Å². The van der Waals surface area contributed by atoms with Gasteiger partial charge in [-0.05, 0) is 12.8 Å². The lowest BCUT2D eigenvalue weighted by Crippen LogP contribution is -2.52. The van der Waals surface area contributed by atoms with Gasteiger partial charge in [-0.25, -0.2) is 13.2 Å². The number of nitrogens with zero attached hydrogens (tertiary/aromatic N) is 1. The van der Waals surface area contributed by atoms with E-state index in [0.29, 0.717) is 12.8 Å². The standard InChI is InChI=1S/C8H16N2O4S/c1-15(13,14)7-3-2-6(4-9)10(5-7)8(11)12/h6-7H,2-5,9H2,1H3,(H,11,12). The monoisotopic (exact) mass is 236 g/mol. The fourth-order valence-electron chi connectivity index (χ4n) is 1.82. The van der Waals surface area contributed by atoms with Gasteiger partial charge < -0.3 is 15.7 Å². The molecule has 0 saturated carbocycles. The van der Waals surface area contributed by atoms with Crippen LogP contribution in [0.1, 0.15) is 12.8 Å². The highest BCUT2D eigenvalue weighted by Gasteiger charge is 2.35. The van der Waals surface area contributed by atoms with Crippen LogP contribution in [0.15, 0.2) is 0 Å². The molecule has 7 heteroatoms. The number of carbonyl (C=O) groups is 1. The SMILES string of the molecule is CS(=O)(=O)C1CCC(CN)N(C(=O)O)C1. The Morgan fingerprint density at radius 1 is 1.53 bits per heavy atom. The molecule has 3 N–H and O–H groups in total. The number of likely N-dealkylation sites (tertiary alicyclic amines) is 1. The maximum absolute atomic E-state index is 11.3. The lowest BCUT2D eigenvalue weighted by Gasteiger charge is -2.36. The summed E-state index contributed by atoms with van der Waals surface area (Å²) in [7, 11) is -3.17. The van der Waals surface area contributed by atoms with Crippen LogP contribution in [-0.4, -0.2) is 55.2 Å². The molecule has 0 aromatic heterocycles. The highest BCUT2D eigenvalue weighted by Crippen LogP contribution is 2.21. The molecule has 0 radical (unpaired) electrons. The summed E-state index contributed by atoms with van der Waals surface area (Å²) in [6.45, 7) is 0.277. The topological polar surface area (TPSA) is 101 Å². The van der Waals surface area contributed by atoms with E-state index in [1.807, 2.05) is 0 Å². The van der Waals surface area contributed by atoms with Crippen molar-refractivity contribution < 1.29 is 18.3 Å². The summed E-state index contributed by atoms with van der Waals surface area (Å²) in [5.74, 6) is 0. The van der Waals surface area contributed by atoms with E-state index in [0.717, 1.165) is 11.2 Å². The van der Waals surface area contributed by atoms with Gasteiger partial charge in [0.25, 0.3) is 0 Å². The second kappa shape index (κ2) is 4.36. The van der Waals surface area contributed by atoms with E-state index in [2.05, 4.69) is 0 Å². The largest absolute Gasteiger partial charge is 0.465 e. The second-order valence-electron chi connectivity index (χ2n) is 3.85. The number of hydrogen-bond donors (Lipinski definition) is 2. The molecule has 2 unspecified atom stereocenters. The van der Waals surface area contributed by atoms with Crippen LogP contribution in [-0.2, 0) is 9.84 Å². The normalized spacial score (nSPS) is 27.7. The molecule has 2 atom stereocenters. The molecule has 0 aliphatic carbocycles. The number of carboxylic acid groups (broad SMARTS) is 1. The van der Waals surface area contributed by atoms with E-state index >= 15 is 0 Å². The minimum absolute atomic E-state index is 0.0377. The average Bonchev–Trinajstić information content (AvgIpc) is 2.15. The summed E-state index contributed by atoms with van der Waals surface area (Å²) in [4.78, 5) is 12.0. The lowest BCUT2D eigenvalue weighted by molar-refractivity contribution is 0.110. The second-order valence-corrected chi connectivity index (χ2v) is 6.18. The van der Waals surface area contributed by atoms with E-state index < -0.39 is 21.2 Å². The Hall–Kier alpha value is -0.820. The van der Waals surface area contributed by atoms with Crippen molar-refractivity contribution in [3.05, 3.63) is 0 Å². The Bertz CT molecular complexity index is 341. The number of sulfone groups is 1. The van der Waals surface area contributed by atoms with Gasteiger partial charge in [0.2, 0.25) is 0 Å². The minimum atomic E-state index is -3.17.